The largest absolute Gasteiger partial charge is 0.368 e. The van der Waals surface area contributed by atoms with Gasteiger partial charge in [0.15, 0.2) is 0 Å². The fraction of sp³-hybridized carbons (Fsp3) is 0.900. The second kappa shape index (κ2) is 2.98. The first kappa shape index (κ1) is 9.00. The Kier molecular flexibility index (Phi) is 2.06. The summed E-state index contributed by atoms with van der Waals surface area (Å²) in [6.07, 6.45) is 1.82. The van der Waals surface area contributed by atoms with Crippen molar-refractivity contribution in [3.05, 3.63) is 0 Å². The van der Waals surface area contributed by atoms with Gasteiger partial charge in [0.1, 0.15) is 6.10 Å². The summed E-state index contributed by atoms with van der Waals surface area (Å²) in [6.45, 7) is 6.92. The molecule has 0 radical (unpaired) electrons. The molecule has 13 heavy (non-hydrogen) atoms. The molecule has 0 bridgehead atoms. The van der Waals surface area contributed by atoms with Crippen LogP contribution in [0.1, 0.15) is 26.7 Å². The lowest BCUT2D eigenvalue weighted by Crippen LogP contribution is -2.57. The van der Waals surface area contributed by atoms with E-state index < -0.39 is 0 Å². The SMILES string of the molecule is CC1(C)CN(C(=O)C2CCCO2)C1. The predicted octanol–water partition coefficient (Wildman–Crippen LogP) is 1.03. The first-order valence-corrected chi connectivity index (χ1v) is 4.99. The van der Waals surface area contributed by atoms with Gasteiger partial charge >= 0.3 is 0 Å². The molecule has 2 aliphatic rings. The molecule has 2 aliphatic heterocycles. The summed E-state index contributed by atoms with van der Waals surface area (Å²) in [5, 5.41) is 0. The van der Waals surface area contributed by atoms with Gasteiger partial charge in [-0.25, -0.2) is 0 Å². The Labute approximate surface area is 79.0 Å². The van der Waals surface area contributed by atoms with Gasteiger partial charge < -0.3 is 9.64 Å². The van der Waals surface area contributed by atoms with Gasteiger partial charge in [-0.15, -0.1) is 0 Å². The first-order chi connectivity index (χ1) is 6.08. The highest BCUT2D eigenvalue weighted by molar-refractivity contribution is 5.82. The molecule has 0 spiro atoms. The van der Waals surface area contributed by atoms with Crippen LogP contribution in [0.25, 0.3) is 0 Å². The Balaban J connectivity index is 1.85. The Hall–Kier alpha value is -0.570. The molecule has 2 heterocycles. The van der Waals surface area contributed by atoms with Crippen LogP contribution in [0.3, 0.4) is 0 Å². The van der Waals surface area contributed by atoms with Gasteiger partial charge in [0, 0.05) is 19.7 Å². The average molecular weight is 183 g/mol. The number of nitrogens with zero attached hydrogens (tertiary/aromatic N) is 1. The lowest BCUT2D eigenvalue weighted by molar-refractivity contribution is -0.151. The second-order valence-corrected chi connectivity index (χ2v) is 4.86. The number of rotatable bonds is 1. The minimum Gasteiger partial charge on any atom is -0.368 e. The highest BCUT2D eigenvalue weighted by atomic mass is 16.5. The molecule has 1 amide bonds. The van der Waals surface area contributed by atoms with Crippen LogP contribution in [0.4, 0.5) is 0 Å². The van der Waals surface area contributed by atoms with Gasteiger partial charge in [0.2, 0.25) is 0 Å². The van der Waals surface area contributed by atoms with Crippen molar-refractivity contribution in [2.24, 2.45) is 5.41 Å². The van der Waals surface area contributed by atoms with Crippen molar-refractivity contribution in [3.63, 3.8) is 0 Å². The van der Waals surface area contributed by atoms with E-state index in [1.54, 1.807) is 0 Å². The van der Waals surface area contributed by atoms with Crippen LogP contribution in [0.5, 0.6) is 0 Å². The lowest BCUT2D eigenvalue weighted by atomic mass is 9.84. The Morgan fingerprint density at radius 1 is 1.46 bits per heavy atom. The van der Waals surface area contributed by atoms with Crippen LogP contribution in [0.2, 0.25) is 0 Å². The van der Waals surface area contributed by atoms with Gasteiger partial charge in [-0.3, -0.25) is 4.79 Å². The highest BCUT2D eigenvalue weighted by Gasteiger charge is 2.40. The van der Waals surface area contributed by atoms with E-state index in [-0.39, 0.29) is 12.0 Å². The fourth-order valence-electron chi connectivity index (χ4n) is 2.12. The summed E-state index contributed by atoms with van der Waals surface area (Å²) in [6, 6.07) is 0. The normalized spacial score (nSPS) is 31.5. The van der Waals surface area contributed by atoms with E-state index in [0.29, 0.717) is 5.41 Å². The van der Waals surface area contributed by atoms with Gasteiger partial charge in [0.25, 0.3) is 5.91 Å². The molecule has 74 valence electrons. The monoisotopic (exact) mass is 183 g/mol. The first-order valence-electron chi connectivity index (χ1n) is 4.99. The van der Waals surface area contributed by atoms with Crippen LogP contribution in [0, 0.1) is 5.41 Å². The molecule has 2 rings (SSSR count). The minimum atomic E-state index is -0.129. The Morgan fingerprint density at radius 2 is 2.15 bits per heavy atom. The molecule has 0 aromatic heterocycles. The predicted molar refractivity (Wildman–Crippen MR) is 49.3 cm³/mol. The zero-order chi connectivity index (χ0) is 9.47. The Morgan fingerprint density at radius 3 is 2.62 bits per heavy atom. The topological polar surface area (TPSA) is 29.5 Å². The van der Waals surface area contributed by atoms with E-state index in [9.17, 15) is 4.79 Å². The van der Waals surface area contributed by atoms with Crippen molar-refractivity contribution in [3.8, 4) is 0 Å². The van der Waals surface area contributed by atoms with E-state index in [2.05, 4.69) is 13.8 Å². The van der Waals surface area contributed by atoms with Crippen molar-refractivity contribution < 1.29 is 9.53 Å². The third-order valence-electron chi connectivity index (χ3n) is 2.75. The van der Waals surface area contributed by atoms with Crippen LogP contribution < -0.4 is 0 Å². The van der Waals surface area contributed by atoms with Crippen LogP contribution >= 0.6 is 0 Å². The fourth-order valence-corrected chi connectivity index (χ4v) is 2.12. The molecule has 1 unspecified atom stereocenters. The average Bonchev–Trinajstić information content (AvgIpc) is 2.50. The number of amides is 1. The number of ether oxygens (including phenoxy) is 1. The summed E-state index contributed by atoms with van der Waals surface area (Å²) in [5.41, 5.74) is 0.328. The van der Waals surface area contributed by atoms with Gasteiger partial charge in [0.05, 0.1) is 0 Å². The van der Waals surface area contributed by atoms with Gasteiger partial charge in [-0.05, 0) is 18.3 Å². The lowest BCUT2D eigenvalue weighted by Gasteiger charge is -2.46. The molecule has 1 atom stereocenters. The maximum atomic E-state index is 11.7. The van der Waals surface area contributed by atoms with Crippen molar-refractivity contribution in [2.45, 2.75) is 32.8 Å². The highest BCUT2D eigenvalue weighted by Crippen LogP contribution is 2.30. The number of carbonyl (C=O) groups excluding carboxylic acids is 1. The van der Waals surface area contributed by atoms with E-state index in [1.165, 1.54) is 0 Å². The van der Waals surface area contributed by atoms with Crippen molar-refractivity contribution >= 4 is 5.91 Å². The number of carbonyl (C=O) groups is 1. The van der Waals surface area contributed by atoms with Crippen LogP contribution in [0.15, 0.2) is 0 Å². The molecule has 0 aromatic rings. The zero-order valence-corrected chi connectivity index (χ0v) is 8.38. The zero-order valence-electron chi connectivity index (χ0n) is 8.38. The maximum absolute atomic E-state index is 11.7. The molecule has 3 nitrogen and oxygen atoms in total. The molecular weight excluding hydrogens is 166 g/mol. The van der Waals surface area contributed by atoms with Crippen LogP contribution in [-0.2, 0) is 9.53 Å². The van der Waals surface area contributed by atoms with Crippen molar-refractivity contribution in [2.75, 3.05) is 19.7 Å². The molecule has 0 N–H and O–H groups in total. The molecule has 0 aromatic carbocycles. The molecule has 2 saturated heterocycles. The summed E-state index contributed by atoms with van der Waals surface area (Å²) >= 11 is 0. The van der Waals surface area contributed by atoms with Crippen molar-refractivity contribution in [1.29, 1.82) is 0 Å². The van der Waals surface area contributed by atoms with E-state index in [0.717, 1.165) is 32.5 Å². The number of hydrogen-bond acceptors (Lipinski definition) is 2. The quantitative estimate of drug-likeness (QED) is 0.607. The minimum absolute atomic E-state index is 0.129. The molecule has 2 fully saturated rings. The summed E-state index contributed by atoms with van der Waals surface area (Å²) in [4.78, 5) is 13.6. The standard InChI is InChI=1S/C10H17NO2/c1-10(2)6-11(7-10)9(12)8-4-3-5-13-8/h8H,3-7H2,1-2H3. The van der Waals surface area contributed by atoms with Crippen molar-refractivity contribution in [1.82, 2.24) is 4.90 Å². The third kappa shape index (κ3) is 1.70. The molecule has 3 heteroatoms. The summed E-state index contributed by atoms with van der Waals surface area (Å²) in [7, 11) is 0. The van der Waals surface area contributed by atoms with E-state index >= 15 is 0 Å². The summed E-state index contributed by atoms with van der Waals surface area (Å²) in [5.74, 6) is 0.205. The van der Waals surface area contributed by atoms with E-state index in [4.69, 9.17) is 4.74 Å². The smallest absolute Gasteiger partial charge is 0.251 e. The maximum Gasteiger partial charge on any atom is 0.251 e. The number of hydrogen-bond donors (Lipinski definition) is 0. The van der Waals surface area contributed by atoms with Crippen LogP contribution in [-0.4, -0.2) is 36.6 Å². The van der Waals surface area contributed by atoms with Gasteiger partial charge in [-0.2, -0.15) is 0 Å². The molecule has 0 saturated carbocycles. The summed E-state index contributed by atoms with van der Waals surface area (Å²) < 4.78 is 5.35. The third-order valence-corrected chi connectivity index (χ3v) is 2.75. The molecule has 0 aliphatic carbocycles. The number of likely N-dealkylation sites (tertiary alicyclic amines) is 1. The molecular formula is C10H17NO2. The van der Waals surface area contributed by atoms with Gasteiger partial charge in [-0.1, -0.05) is 13.8 Å². The van der Waals surface area contributed by atoms with E-state index in [1.807, 2.05) is 4.90 Å². The second-order valence-electron chi connectivity index (χ2n) is 4.86. The Bertz CT molecular complexity index is 211.